The number of aliphatic hydroxyl groups excluding tert-OH is 1. The van der Waals surface area contributed by atoms with Crippen LogP contribution in [-0.2, 0) is 11.3 Å². The second kappa shape index (κ2) is 6.37. The predicted molar refractivity (Wildman–Crippen MR) is 65.6 cm³/mol. The van der Waals surface area contributed by atoms with Gasteiger partial charge in [0.15, 0.2) is 0 Å². The zero-order valence-electron chi connectivity index (χ0n) is 10.0. The average Bonchev–Trinajstić information content (AvgIpc) is 2.35. The quantitative estimate of drug-likeness (QED) is 0.670. The molecule has 0 fully saturated rings. The van der Waals surface area contributed by atoms with Crippen LogP contribution in [0.3, 0.4) is 0 Å². The maximum absolute atomic E-state index is 11.2. The third kappa shape index (κ3) is 4.17. The fourth-order valence-electron chi connectivity index (χ4n) is 1.60. The third-order valence-electron chi connectivity index (χ3n) is 2.83. The summed E-state index contributed by atoms with van der Waals surface area (Å²) in [5.41, 5.74) is 0.0578. The maximum Gasteiger partial charge on any atom is 0.323 e. The van der Waals surface area contributed by atoms with Gasteiger partial charge >= 0.3 is 5.97 Å². The van der Waals surface area contributed by atoms with E-state index in [1.807, 2.05) is 30.3 Å². The first-order valence-corrected chi connectivity index (χ1v) is 5.72. The number of carbonyl (C=O) groups is 1. The van der Waals surface area contributed by atoms with Crippen molar-refractivity contribution in [3.63, 3.8) is 0 Å². The lowest BCUT2D eigenvalue weighted by Crippen LogP contribution is -2.49. The highest BCUT2D eigenvalue weighted by molar-refractivity contribution is 5.78. The Hall–Kier alpha value is -1.39. The predicted octanol–water partition coefficient (Wildman–Crippen LogP) is 1.39. The molecule has 0 saturated heterocycles. The Morgan fingerprint density at radius 3 is 2.53 bits per heavy atom. The molecule has 0 aliphatic heterocycles. The van der Waals surface area contributed by atoms with Gasteiger partial charge in [-0.1, -0.05) is 30.3 Å². The number of benzene rings is 1. The first-order valence-electron chi connectivity index (χ1n) is 5.72. The van der Waals surface area contributed by atoms with E-state index in [-0.39, 0.29) is 6.61 Å². The summed E-state index contributed by atoms with van der Waals surface area (Å²) in [4.78, 5) is 11.2. The van der Waals surface area contributed by atoms with E-state index >= 15 is 0 Å². The molecule has 1 atom stereocenters. The van der Waals surface area contributed by atoms with Gasteiger partial charge in [0.2, 0.25) is 0 Å². The SMILES string of the molecule is CC(CCCO)(NCc1ccccc1)C(=O)O. The molecule has 0 bridgehead atoms. The molecule has 94 valence electrons. The van der Waals surface area contributed by atoms with Crippen LogP contribution >= 0.6 is 0 Å². The Morgan fingerprint density at radius 1 is 1.35 bits per heavy atom. The lowest BCUT2D eigenvalue weighted by Gasteiger charge is -2.26. The van der Waals surface area contributed by atoms with E-state index < -0.39 is 11.5 Å². The molecule has 4 nitrogen and oxygen atoms in total. The number of carboxylic acids is 1. The van der Waals surface area contributed by atoms with E-state index in [1.165, 1.54) is 0 Å². The summed E-state index contributed by atoms with van der Waals surface area (Å²) in [6, 6.07) is 9.65. The van der Waals surface area contributed by atoms with Gasteiger partial charge in [0.1, 0.15) is 5.54 Å². The number of aliphatic hydroxyl groups is 1. The molecule has 0 spiro atoms. The summed E-state index contributed by atoms with van der Waals surface area (Å²) in [6.45, 7) is 2.17. The van der Waals surface area contributed by atoms with Crippen LogP contribution in [0, 0.1) is 0 Å². The molecule has 0 radical (unpaired) electrons. The fraction of sp³-hybridized carbons (Fsp3) is 0.462. The highest BCUT2D eigenvalue weighted by Gasteiger charge is 2.31. The van der Waals surface area contributed by atoms with Crippen molar-refractivity contribution in [1.82, 2.24) is 5.32 Å². The molecule has 1 rings (SSSR count). The Kier molecular flexibility index (Phi) is 5.12. The molecule has 0 aliphatic carbocycles. The summed E-state index contributed by atoms with van der Waals surface area (Å²) in [6.07, 6.45) is 0.885. The minimum atomic E-state index is -0.988. The minimum Gasteiger partial charge on any atom is -0.480 e. The summed E-state index contributed by atoms with van der Waals surface area (Å²) < 4.78 is 0. The number of rotatable bonds is 7. The van der Waals surface area contributed by atoms with Gasteiger partial charge in [-0.25, -0.2) is 0 Å². The molecule has 0 amide bonds. The molecule has 4 heteroatoms. The third-order valence-corrected chi connectivity index (χ3v) is 2.83. The molecule has 17 heavy (non-hydrogen) atoms. The van der Waals surface area contributed by atoms with Crippen molar-refractivity contribution in [2.24, 2.45) is 0 Å². The molecule has 1 unspecified atom stereocenters. The molecule has 1 aromatic rings. The van der Waals surface area contributed by atoms with E-state index in [1.54, 1.807) is 6.92 Å². The number of hydrogen-bond acceptors (Lipinski definition) is 3. The van der Waals surface area contributed by atoms with Crippen LogP contribution < -0.4 is 5.32 Å². The molecular formula is C13H19NO3. The molecule has 0 saturated carbocycles. The fourth-order valence-corrected chi connectivity index (χ4v) is 1.60. The van der Waals surface area contributed by atoms with Crippen molar-refractivity contribution < 1.29 is 15.0 Å². The first kappa shape index (κ1) is 13.7. The van der Waals surface area contributed by atoms with Crippen molar-refractivity contribution >= 4 is 5.97 Å². The van der Waals surface area contributed by atoms with Gasteiger partial charge in [-0.05, 0) is 25.3 Å². The van der Waals surface area contributed by atoms with Crippen molar-refractivity contribution in [1.29, 1.82) is 0 Å². The normalized spacial score (nSPS) is 14.2. The van der Waals surface area contributed by atoms with E-state index in [0.717, 1.165) is 5.56 Å². The molecule has 0 aliphatic rings. The lowest BCUT2D eigenvalue weighted by molar-refractivity contribution is -0.144. The Balaban J connectivity index is 2.58. The number of carboxylic acid groups (broad SMARTS) is 1. The van der Waals surface area contributed by atoms with E-state index in [9.17, 15) is 9.90 Å². The Labute approximate surface area is 101 Å². The average molecular weight is 237 g/mol. The number of hydrogen-bond donors (Lipinski definition) is 3. The van der Waals surface area contributed by atoms with Gasteiger partial charge < -0.3 is 10.2 Å². The second-order valence-corrected chi connectivity index (χ2v) is 4.30. The molecule has 0 aromatic heterocycles. The Bertz CT molecular complexity index is 353. The summed E-state index contributed by atoms with van der Waals surface area (Å²) in [5, 5.41) is 21.0. The second-order valence-electron chi connectivity index (χ2n) is 4.30. The smallest absolute Gasteiger partial charge is 0.323 e. The number of nitrogens with one attached hydrogen (secondary N) is 1. The number of aliphatic carboxylic acids is 1. The van der Waals surface area contributed by atoms with Crippen LogP contribution in [0.5, 0.6) is 0 Å². The van der Waals surface area contributed by atoms with Crippen LogP contribution in [0.4, 0.5) is 0 Å². The van der Waals surface area contributed by atoms with Crippen LogP contribution in [0.1, 0.15) is 25.3 Å². The topological polar surface area (TPSA) is 69.6 Å². The zero-order chi connectivity index (χ0) is 12.7. The van der Waals surface area contributed by atoms with Gasteiger partial charge in [0, 0.05) is 13.2 Å². The van der Waals surface area contributed by atoms with Gasteiger partial charge in [-0.2, -0.15) is 0 Å². The minimum absolute atomic E-state index is 0.00981. The van der Waals surface area contributed by atoms with Crippen molar-refractivity contribution in [3.05, 3.63) is 35.9 Å². The summed E-state index contributed by atoms with van der Waals surface area (Å²) in [7, 11) is 0. The van der Waals surface area contributed by atoms with Crippen LogP contribution in [0.2, 0.25) is 0 Å². The monoisotopic (exact) mass is 237 g/mol. The highest BCUT2D eigenvalue weighted by atomic mass is 16.4. The molecule has 1 aromatic carbocycles. The molecule has 0 heterocycles. The van der Waals surface area contributed by atoms with Gasteiger partial charge in [-0.3, -0.25) is 10.1 Å². The van der Waals surface area contributed by atoms with Crippen LogP contribution in [0.25, 0.3) is 0 Å². The van der Waals surface area contributed by atoms with Gasteiger partial charge in [0.25, 0.3) is 0 Å². The summed E-state index contributed by atoms with van der Waals surface area (Å²) >= 11 is 0. The van der Waals surface area contributed by atoms with E-state index in [4.69, 9.17) is 5.11 Å². The van der Waals surface area contributed by atoms with Crippen molar-refractivity contribution in [3.8, 4) is 0 Å². The first-order chi connectivity index (χ1) is 8.08. The van der Waals surface area contributed by atoms with E-state index in [0.29, 0.717) is 19.4 Å². The van der Waals surface area contributed by atoms with Gasteiger partial charge in [0.05, 0.1) is 0 Å². The van der Waals surface area contributed by atoms with Crippen molar-refractivity contribution in [2.75, 3.05) is 6.61 Å². The largest absolute Gasteiger partial charge is 0.480 e. The lowest BCUT2D eigenvalue weighted by atomic mass is 9.95. The maximum atomic E-state index is 11.2. The van der Waals surface area contributed by atoms with E-state index in [2.05, 4.69) is 5.32 Å². The highest BCUT2D eigenvalue weighted by Crippen LogP contribution is 2.14. The standard InChI is InChI=1S/C13H19NO3/c1-13(12(16)17,8-5-9-15)14-10-11-6-3-2-4-7-11/h2-4,6-7,14-15H,5,8-10H2,1H3,(H,16,17). The van der Waals surface area contributed by atoms with Crippen LogP contribution in [-0.4, -0.2) is 28.3 Å². The Morgan fingerprint density at radius 2 is 2.00 bits per heavy atom. The van der Waals surface area contributed by atoms with Gasteiger partial charge in [-0.15, -0.1) is 0 Å². The molecule has 3 N–H and O–H groups in total. The zero-order valence-corrected chi connectivity index (χ0v) is 10.0. The van der Waals surface area contributed by atoms with Crippen molar-refractivity contribution in [2.45, 2.75) is 31.8 Å². The van der Waals surface area contributed by atoms with Crippen LogP contribution in [0.15, 0.2) is 30.3 Å². The summed E-state index contributed by atoms with van der Waals surface area (Å²) in [5.74, 6) is -0.887. The molecular weight excluding hydrogens is 218 g/mol.